The topological polar surface area (TPSA) is 26.3 Å². The second-order valence-corrected chi connectivity index (χ2v) is 7.12. The lowest BCUT2D eigenvalue weighted by Gasteiger charge is -2.18. The molecule has 0 radical (unpaired) electrons. The molecule has 0 saturated heterocycles. The summed E-state index contributed by atoms with van der Waals surface area (Å²) < 4.78 is 6.01. The third-order valence-corrected chi connectivity index (χ3v) is 5.06. The largest absolute Gasteiger partial charge is 0.478 e. The van der Waals surface area contributed by atoms with Gasteiger partial charge in [0.05, 0.1) is 10.6 Å². The Balaban J connectivity index is 2.18. The minimum Gasteiger partial charge on any atom is -0.478 e. The van der Waals surface area contributed by atoms with Crippen LogP contribution in [0.15, 0.2) is 53.4 Å². The maximum absolute atomic E-state index is 12.8. The first-order valence-electron chi connectivity index (χ1n) is 7.31. The Morgan fingerprint density at radius 2 is 1.74 bits per heavy atom. The van der Waals surface area contributed by atoms with Crippen LogP contribution < -0.4 is 0 Å². The van der Waals surface area contributed by atoms with Crippen molar-refractivity contribution < 1.29 is 9.53 Å². The summed E-state index contributed by atoms with van der Waals surface area (Å²) in [6.45, 7) is 3.59. The SMILES string of the molecule is CSc1ccc(C2=C(c3ccccc3)C(=O)C(C)(C)O2)cc1Cl. The zero-order valence-corrected chi connectivity index (χ0v) is 14.8. The summed E-state index contributed by atoms with van der Waals surface area (Å²) in [6, 6.07) is 15.4. The van der Waals surface area contributed by atoms with E-state index in [2.05, 4.69) is 0 Å². The van der Waals surface area contributed by atoms with Gasteiger partial charge in [-0.2, -0.15) is 0 Å². The van der Waals surface area contributed by atoms with Gasteiger partial charge in [0.2, 0.25) is 5.78 Å². The molecule has 0 unspecified atom stereocenters. The molecule has 0 spiro atoms. The van der Waals surface area contributed by atoms with Gasteiger partial charge in [0.1, 0.15) is 5.76 Å². The van der Waals surface area contributed by atoms with Crippen molar-refractivity contribution in [3.05, 3.63) is 64.7 Å². The normalized spacial score (nSPS) is 16.6. The molecule has 0 saturated carbocycles. The minimum atomic E-state index is -0.870. The fourth-order valence-electron chi connectivity index (χ4n) is 2.63. The highest BCUT2D eigenvalue weighted by Crippen LogP contribution is 2.42. The molecule has 1 aliphatic rings. The van der Waals surface area contributed by atoms with Crippen LogP contribution in [-0.4, -0.2) is 17.6 Å². The zero-order valence-electron chi connectivity index (χ0n) is 13.2. The van der Waals surface area contributed by atoms with Crippen LogP contribution in [0, 0.1) is 0 Å². The first-order valence-corrected chi connectivity index (χ1v) is 8.92. The van der Waals surface area contributed by atoms with E-state index >= 15 is 0 Å². The summed E-state index contributed by atoms with van der Waals surface area (Å²) in [5, 5.41) is 0.663. The Morgan fingerprint density at radius 3 is 2.35 bits per heavy atom. The van der Waals surface area contributed by atoms with Gasteiger partial charge in [-0.3, -0.25) is 4.79 Å². The third-order valence-electron chi connectivity index (χ3n) is 3.83. The minimum absolute atomic E-state index is 0.0104. The number of Topliss-reactive ketones (excluding diaryl/α,β-unsaturated/α-hetero) is 1. The predicted molar refractivity (Wildman–Crippen MR) is 96.7 cm³/mol. The van der Waals surface area contributed by atoms with E-state index < -0.39 is 5.60 Å². The Hall–Kier alpha value is -1.71. The standard InChI is InChI=1S/C19H17ClO2S/c1-19(2)18(21)16(12-7-5-4-6-8-12)17(22-19)13-9-10-15(23-3)14(20)11-13/h4-11H,1-3H3. The van der Waals surface area contributed by atoms with Crippen LogP contribution in [0.2, 0.25) is 5.02 Å². The number of hydrogen-bond donors (Lipinski definition) is 0. The molecular weight excluding hydrogens is 328 g/mol. The van der Waals surface area contributed by atoms with Gasteiger partial charge >= 0.3 is 0 Å². The number of carbonyl (C=O) groups excluding carboxylic acids is 1. The second-order valence-electron chi connectivity index (χ2n) is 5.86. The van der Waals surface area contributed by atoms with Crippen molar-refractivity contribution in [1.82, 2.24) is 0 Å². The molecule has 2 aromatic rings. The number of rotatable bonds is 3. The van der Waals surface area contributed by atoms with E-state index in [1.54, 1.807) is 25.6 Å². The van der Waals surface area contributed by atoms with Crippen molar-refractivity contribution in [3.63, 3.8) is 0 Å². The number of ether oxygens (including phenoxy) is 1. The number of halogens is 1. The molecule has 2 nitrogen and oxygen atoms in total. The van der Waals surface area contributed by atoms with E-state index in [0.29, 0.717) is 16.4 Å². The molecule has 0 amide bonds. The Morgan fingerprint density at radius 1 is 1.04 bits per heavy atom. The van der Waals surface area contributed by atoms with Crippen molar-refractivity contribution in [2.45, 2.75) is 24.3 Å². The van der Waals surface area contributed by atoms with Crippen LogP contribution in [0.4, 0.5) is 0 Å². The van der Waals surface area contributed by atoms with E-state index in [1.165, 1.54) is 0 Å². The fraction of sp³-hybridized carbons (Fsp3) is 0.211. The highest BCUT2D eigenvalue weighted by molar-refractivity contribution is 7.98. The van der Waals surface area contributed by atoms with Crippen LogP contribution in [0.25, 0.3) is 11.3 Å². The van der Waals surface area contributed by atoms with Crippen LogP contribution in [-0.2, 0) is 9.53 Å². The summed E-state index contributed by atoms with van der Waals surface area (Å²) in [5.74, 6) is 0.588. The lowest BCUT2D eigenvalue weighted by molar-refractivity contribution is -0.125. The summed E-state index contributed by atoms with van der Waals surface area (Å²) >= 11 is 7.91. The fourth-order valence-corrected chi connectivity index (χ4v) is 3.50. The number of benzene rings is 2. The molecule has 3 rings (SSSR count). The number of thioether (sulfide) groups is 1. The van der Waals surface area contributed by atoms with E-state index in [-0.39, 0.29) is 5.78 Å². The van der Waals surface area contributed by atoms with Gasteiger partial charge < -0.3 is 4.74 Å². The van der Waals surface area contributed by atoms with Crippen LogP contribution in [0.5, 0.6) is 0 Å². The summed E-state index contributed by atoms with van der Waals surface area (Å²) in [6.07, 6.45) is 1.98. The van der Waals surface area contributed by atoms with Gasteiger partial charge in [-0.15, -0.1) is 11.8 Å². The summed E-state index contributed by atoms with van der Waals surface area (Å²) in [7, 11) is 0. The average Bonchev–Trinajstić information content (AvgIpc) is 2.78. The van der Waals surface area contributed by atoms with Gasteiger partial charge in [0.25, 0.3) is 0 Å². The van der Waals surface area contributed by atoms with Crippen molar-refractivity contribution in [2.75, 3.05) is 6.26 Å². The third kappa shape index (κ3) is 2.91. The first kappa shape index (κ1) is 16.2. The van der Waals surface area contributed by atoms with E-state index in [4.69, 9.17) is 16.3 Å². The lowest BCUT2D eigenvalue weighted by Crippen LogP contribution is -2.29. The molecule has 0 fully saturated rings. The van der Waals surface area contributed by atoms with Crippen molar-refractivity contribution in [2.24, 2.45) is 0 Å². The quantitative estimate of drug-likeness (QED) is 0.706. The number of hydrogen-bond acceptors (Lipinski definition) is 3. The molecule has 118 valence electrons. The lowest BCUT2D eigenvalue weighted by atomic mass is 9.93. The predicted octanol–water partition coefficient (Wildman–Crippen LogP) is 5.31. The molecule has 1 heterocycles. The van der Waals surface area contributed by atoms with E-state index in [0.717, 1.165) is 16.0 Å². The molecule has 0 N–H and O–H groups in total. The van der Waals surface area contributed by atoms with Crippen molar-refractivity contribution in [3.8, 4) is 0 Å². The zero-order chi connectivity index (χ0) is 16.6. The molecule has 0 bridgehead atoms. The molecule has 4 heteroatoms. The van der Waals surface area contributed by atoms with Gasteiger partial charge in [-0.1, -0.05) is 48.0 Å². The van der Waals surface area contributed by atoms with Gasteiger partial charge in [0.15, 0.2) is 5.60 Å². The Labute approximate surface area is 145 Å². The number of carbonyl (C=O) groups is 1. The molecule has 2 aromatic carbocycles. The van der Waals surface area contributed by atoms with E-state index in [1.807, 2.05) is 54.8 Å². The second kappa shape index (κ2) is 6.06. The molecule has 0 aliphatic carbocycles. The Bertz CT molecular complexity index is 794. The van der Waals surface area contributed by atoms with Crippen LogP contribution >= 0.6 is 23.4 Å². The monoisotopic (exact) mass is 344 g/mol. The van der Waals surface area contributed by atoms with Crippen molar-refractivity contribution in [1.29, 1.82) is 0 Å². The van der Waals surface area contributed by atoms with Gasteiger partial charge in [0, 0.05) is 10.5 Å². The highest BCUT2D eigenvalue weighted by atomic mass is 35.5. The van der Waals surface area contributed by atoms with Crippen LogP contribution in [0.1, 0.15) is 25.0 Å². The average molecular weight is 345 g/mol. The summed E-state index contributed by atoms with van der Waals surface area (Å²) in [4.78, 5) is 13.8. The van der Waals surface area contributed by atoms with Crippen LogP contribution in [0.3, 0.4) is 0 Å². The Kier molecular flexibility index (Phi) is 4.26. The maximum Gasteiger partial charge on any atom is 0.210 e. The number of ketones is 1. The van der Waals surface area contributed by atoms with E-state index in [9.17, 15) is 4.79 Å². The molecule has 0 aromatic heterocycles. The molecule has 1 aliphatic heterocycles. The molecule has 23 heavy (non-hydrogen) atoms. The smallest absolute Gasteiger partial charge is 0.210 e. The van der Waals surface area contributed by atoms with Gasteiger partial charge in [-0.25, -0.2) is 0 Å². The highest BCUT2D eigenvalue weighted by Gasteiger charge is 2.42. The van der Waals surface area contributed by atoms with Gasteiger partial charge in [-0.05, 0) is 37.8 Å². The van der Waals surface area contributed by atoms with Crippen molar-refractivity contribution >= 4 is 40.5 Å². The first-order chi connectivity index (χ1) is 10.9. The molecular formula is C19H17ClO2S. The molecule has 0 atom stereocenters. The maximum atomic E-state index is 12.8. The summed E-state index contributed by atoms with van der Waals surface area (Å²) in [5.41, 5.74) is 1.43.